The predicted octanol–water partition coefficient (Wildman–Crippen LogP) is 1.70. The highest BCUT2D eigenvalue weighted by Crippen LogP contribution is 2.18. The summed E-state index contributed by atoms with van der Waals surface area (Å²) in [6.07, 6.45) is 8.86. The van der Waals surface area contributed by atoms with E-state index in [4.69, 9.17) is 4.42 Å². The van der Waals surface area contributed by atoms with E-state index in [1.54, 1.807) is 24.9 Å². The zero-order valence-electron chi connectivity index (χ0n) is 14.4. The molecular formula is C19H25N3O3. The van der Waals surface area contributed by atoms with Crippen molar-refractivity contribution in [3.8, 4) is 0 Å². The Kier molecular flexibility index (Phi) is 6.19. The summed E-state index contributed by atoms with van der Waals surface area (Å²) in [5.41, 5.74) is 2.26. The highest BCUT2D eigenvalue weighted by molar-refractivity contribution is 5.76. The number of hydrogen-bond donors (Lipinski definition) is 1. The van der Waals surface area contributed by atoms with Crippen molar-refractivity contribution in [2.45, 2.75) is 31.8 Å². The number of nitrogens with zero attached hydrogens (tertiary/aromatic N) is 3. The van der Waals surface area contributed by atoms with Crippen molar-refractivity contribution >= 4 is 5.91 Å². The van der Waals surface area contributed by atoms with Crippen molar-refractivity contribution in [2.75, 3.05) is 26.2 Å². The van der Waals surface area contributed by atoms with Crippen LogP contribution in [0.4, 0.5) is 0 Å². The van der Waals surface area contributed by atoms with E-state index in [1.807, 2.05) is 23.1 Å². The molecule has 2 aromatic heterocycles. The lowest BCUT2D eigenvalue weighted by molar-refractivity contribution is -0.134. The smallest absolute Gasteiger partial charge is 0.222 e. The van der Waals surface area contributed by atoms with Crippen molar-refractivity contribution in [3.05, 3.63) is 54.2 Å². The third kappa shape index (κ3) is 4.90. The van der Waals surface area contributed by atoms with Crippen LogP contribution in [-0.2, 0) is 17.8 Å². The van der Waals surface area contributed by atoms with E-state index >= 15 is 0 Å². The molecule has 1 atom stereocenters. The summed E-state index contributed by atoms with van der Waals surface area (Å²) in [5.74, 6) is 0.183. The minimum absolute atomic E-state index is 0.131. The van der Waals surface area contributed by atoms with Gasteiger partial charge in [0.25, 0.3) is 0 Å². The number of carbonyl (C=O) groups excluding carboxylic acids is 1. The molecule has 1 fully saturated rings. The summed E-state index contributed by atoms with van der Waals surface area (Å²) in [6.45, 7) is 3.14. The van der Waals surface area contributed by atoms with Crippen molar-refractivity contribution in [1.82, 2.24) is 14.8 Å². The van der Waals surface area contributed by atoms with Gasteiger partial charge < -0.3 is 14.4 Å². The molecule has 0 saturated carbocycles. The molecule has 0 aliphatic carbocycles. The van der Waals surface area contributed by atoms with Gasteiger partial charge in [-0.05, 0) is 36.6 Å². The normalized spacial score (nSPS) is 18.4. The average Bonchev–Trinajstić information content (AvgIpc) is 3.15. The van der Waals surface area contributed by atoms with Gasteiger partial charge in [0.2, 0.25) is 5.91 Å². The molecule has 3 heterocycles. The average molecular weight is 343 g/mol. The van der Waals surface area contributed by atoms with Gasteiger partial charge in [-0.1, -0.05) is 0 Å². The number of pyridine rings is 1. The summed E-state index contributed by atoms with van der Waals surface area (Å²) < 4.78 is 5.14. The molecule has 0 spiro atoms. The van der Waals surface area contributed by atoms with Gasteiger partial charge in [0.15, 0.2) is 0 Å². The van der Waals surface area contributed by atoms with Crippen LogP contribution in [0.3, 0.4) is 0 Å². The predicted molar refractivity (Wildman–Crippen MR) is 93.7 cm³/mol. The number of furan rings is 1. The lowest BCUT2D eigenvalue weighted by Gasteiger charge is -2.41. The van der Waals surface area contributed by atoms with Gasteiger partial charge in [-0.15, -0.1) is 0 Å². The number of aliphatic hydroxyl groups excluding tert-OH is 1. The molecular weight excluding hydrogens is 318 g/mol. The number of aliphatic hydroxyl groups is 1. The van der Waals surface area contributed by atoms with Crippen LogP contribution in [0.5, 0.6) is 0 Å². The number of piperazine rings is 1. The molecule has 3 rings (SSSR count). The van der Waals surface area contributed by atoms with Crippen molar-refractivity contribution in [2.24, 2.45) is 0 Å². The minimum Gasteiger partial charge on any atom is -0.472 e. The summed E-state index contributed by atoms with van der Waals surface area (Å²) in [5, 5.41) is 9.38. The van der Waals surface area contributed by atoms with Crippen LogP contribution in [0.15, 0.2) is 47.5 Å². The van der Waals surface area contributed by atoms with Gasteiger partial charge in [0.05, 0.1) is 12.5 Å². The Bertz CT molecular complexity index is 645. The summed E-state index contributed by atoms with van der Waals surface area (Å²) >= 11 is 0. The number of aromatic nitrogens is 1. The second kappa shape index (κ2) is 8.78. The van der Waals surface area contributed by atoms with Crippen LogP contribution >= 0.6 is 0 Å². The maximum Gasteiger partial charge on any atom is 0.222 e. The van der Waals surface area contributed by atoms with Gasteiger partial charge in [-0.25, -0.2) is 0 Å². The number of aryl methyl sites for hydroxylation is 1. The SMILES string of the molecule is O=C(CCc1ccncc1)N1CCN(Cc2ccoc2)[C@@H](CCO)C1. The van der Waals surface area contributed by atoms with E-state index < -0.39 is 0 Å². The van der Waals surface area contributed by atoms with E-state index in [0.717, 1.165) is 37.2 Å². The van der Waals surface area contributed by atoms with Gasteiger partial charge >= 0.3 is 0 Å². The zero-order chi connectivity index (χ0) is 17.5. The number of rotatable bonds is 7. The molecule has 1 aliphatic heterocycles. The Balaban J connectivity index is 1.54. The Morgan fingerprint density at radius 2 is 2.08 bits per heavy atom. The standard InChI is InChI=1S/C19H25N3O3/c23-11-5-18-14-22(10-9-21(18)13-17-6-12-25-15-17)19(24)2-1-16-3-7-20-8-4-16/h3-4,6-8,12,15,18,23H,1-2,5,9-11,13-14H2/t18-/m0/s1. The number of carbonyl (C=O) groups is 1. The molecule has 1 saturated heterocycles. The fraction of sp³-hybridized carbons (Fsp3) is 0.474. The lowest BCUT2D eigenvalue weighted by Crippen LogP contribution is -2.54. The molecule has 134 valence electrons. The van der Waals surface area contributed by atoms with Crippen LogP contribution in [0.25, 0.3) is 0 Å². The molecule has 1 aliphatic rings. The van der Waals surface area contributed by atoms with E-state index in [1.165, 1.54) is 0 Å². The summed E-state index contributed by atoms with van der Waals surface area (Å²) in [6, 6.07) is 6.04. The van der Waals surface area contributed by atoms with Crippen LogP contribution in [0, 0.1) is 0 Å². The van der Waals surface area contributed by atoms with E-state index in [9.17, 15) is 9.90 Å². The first-order valence-electron chi connectivity index (χ1n) is 8.79. The fourth-order valence-corrected chi connectivity index (χ4v) is 3.33. The quantitative estimate of drug-likeness (QED) is 0.829. The first-order chi connectivity index (χ1) is 12.3. The molecule has 6 heteroatoms. The Morgan fingerprint density at radius 3 is 2.80 bits per heavy atom. The van der Waals surface area contributed by atoms with E-state index in [0.29, 0.717) is 19.4 Å². The molecule has 2 aromatic rings. The molecule has 0 unspecified atom stereocenters. The number of hydrogen-bond acceptors (Lipinski definition) is 5. The molecule has 0 aromatic carbocycles. The van der Waals surface area contributed by atoms with E-state index in [-0.39, 0.29) is 18.6 Å². The maximum absolute atomic E-state index is 12.6. The molecule has 0 bridgehead atoms. The third-order valence-electron chi connectivity index (χ3n) is 4.76. The van der Waals surface area contributed by atoms with Crippen LogP contribution < -0.4 is 0 Å². The van der Waals surface area contributed by atoms with Crippen molar-refractivity contribution < 1.29 is 14.3 Å². The van der Waals surface area contributed by atoms with Gasteiger partial charge in [-0.2, -0.15) is 0 Å². The zero-order valence-corrected chi connectivity index (χ0v) is 14.4. The molecule has 6 nitrogen and oxygen atoms in total. The third-order valence-corrected chi connectivity index (χ3v) is 4.76. The largest absolute Gasteiger partial charge is 0.472 e. The summed E-state index contributed by atoms with van der Waals surface area (Å²) in [4.78, 5) is 20.8. The van der Waals surface area contributed by atoms with Crippen LogP contribution in [0.1, 0.15) is 24.0 Å². The highest BCUT2D eigenvalue weighted by Gasteiger charge is 2.29. The second-order valence-corrected chi connectivity index (χ2v) is 6.46. The second-order valence-electron chi connectivity index (χ2n) is 6.46. The maximum atomic E-state index is 12.6. The molecule has 1 amide bonds. The lowest BCUT2D eigenvalue weighted by atomic mass is 10.1. The topological polar surface area (TPSA) is 69.8 Å². The molecule has 25 heavy (non-hydrogen) atoms. The first kappa shape index (κ1) is 17.6. The van der Waals surface area contributed by atoms with Gasteiger partial charge in [-0.3, -0.25) is 14.7 Å². The van der Waals surface area contributed by atoms with Gasteiger partial charge in [0.1, 0.15) is 0 Å². The Labute approximate surface area is 148 Å². The summed E-state index contributed by atoms with van der Waals surface area (Å²) in [7, 11) is 0. The number of amides is 1. The fourth-order valence-electron chi connectivity index (χ4n) is 3.33. The Hall–Kier alpha value is -2.18. The first-order valence-corrected chi connectivity index (χ1v) is 8.79. The Morgan fingerprint density at radius 1 is 1.24 bits per heavy atom. The molecule has 1 N–H and O–H groups in total. The van der Waals surface area contributed by atoms with Crippen molar-refractivity contribution in [3.63, 3.8) is 0 Å². The van der Waals surface area contributed by atoms with Gasteiger partial charge in [0, 0.05) is 63.2 Å². The van der Waals surface area contributed by atoms with Crippen LogP contribution in [0.2, 0.25) is 0 Å². The highest BCUT2D eigenvalue weighted by atomic mass is 16.3. The monoisotopic (exact) mass is 343 g/mol. The van der Waals surface area contributed by atoms with Crippen LogP contribution in [-0.4, -0.2) is 58.1 Å². The van der Waals surface area contributed by atoms with Crippen molar-refractivity contribution in [1.29, 1.82) is 0 Å². The molecule has 0 radical (unpaired) electrons. The minimum atomic E-state index is 0.131. The van der Waals surface area contributed by atoms with E-state index in [2.05, 4.69) is 9.88 Å².